The van der Waals surface area contributed by atoms with Crippen molar-refractivity contribution in [3.8, 4) is 5.75 Å². The number of methoxy groups -OCH3 is 1. The van der Waals surface area contributed by atoms with Crippen LogP contribution in [0.5, 0.6) is 5.75 Å². The number of halogens is 3. The van der Waals surface area contributed by atoms with Crippen molar-refractivity contribution in [2.24, 2.45) is 0 Å². The second kappa shape index (κ2) is 10.5. The molecule has 1 atom stereocenters. The largest absolute Gasteiger partial charge is 0.507 e. The Kier molecular flexibility index (Phi) is 8.00. The van der Waals surface area contributed by atoms with E-state index >= 15 is 0 Å². The molecule has 1 fully saturated rings. The molecule has 1 aliphatic rings. The van der Waals surface area contributed by atoms with Crippen molar-refractivity contribution < 1.29 is 28.6 Å². The maximum Gasteiger partial charge on any atom is 0.295 e. The number of carbonyl (C=O) groups excluding carboxylic acids is 2. The minimum atomic E-state index is -0.913. The zero-order valence-electron chi connectivity index (χ0n) is 18.4. The average molecular weight is 496 g/mol. The number of aliphatic hydroxyl groups is 1. The van der Waals surface area contributed by atoms with Gasteiger partial charge in [0.25, 0.3) is 11.7 Å². The first kappa shape index (κ1) is 25.0. The lowest BCUT2D eigenvalue weighted by molar-refractivity contribution is -0.140. The molecule has 1 heterocycles. The third kappa shape index (κ3) is 5.32. The first-order valence-electron chi connectivity index (χ1n) is 10.3. The van der Waals surface area contributed by atoms with Crippen LogP contribution in [0.15, 0.2) is 42.0 Å². The van der Waals surface area contributed by atoms with Gasteiger partial charge in [0.15, 0.2) is 5.75 Å². The van der Waals surface area contributed by atoms with Crippen LogP contribution in [0.25, 0.3) is 5.76 Å². The van der Waals surface area contributed by atoms with Crippen molar-refractivity contribution in [3.63, 3.8) is 0 Å². The van der Waals surface area contributed by atoms with E-state index < -0.39 is 29.3 Å². The average Bonchev–Trinajstić information content (AvgIpc) is 3.01. The zero-order valence-corrected chi connectivity index (χ0v) is 19.9. The first-order valence-corrected chi connectivity index (χ1v) is 11.1. The van der Waals surface area contributed by atoms with Crippen LogP contribution in [0.2, 0.25) is 10.0 Å². The summed E-state index contributed by atoms with van der Waals surface area (Å²) in [6.07, 6.45) is 0.501. The number of likely N-dealkylation sites (tertiary alicyclic amines) is 1. The molecule has 6 nitrogen and oxygen atoms in total. The second-order valence-electron chi connectivity index (χ2n) is 7.79. The summed E-state index contributed by atoms with van der Waals surface area (Å²) >= 11 is 12.4. The molecule has 0 aliphatic carbocycles. The van der Waals surface area contributed by atoms with E-state index in [1.165, 1.54) is 48.4 Å². The molecular weight excluding hydrogens is 472 g/mol. The summed E-state index contributed by atoms with van der Waals surface area (Å²) in [6.45, 7) is 4.40. The summed E-state index contributed by atoms with van der Waals surface area (Å²) in [7, 11) is 1.40. The summed E-state index contributed by atoms with van der Waals surface area (Å²) in [5, 5.41) is 11.4. The van der Waals surface area contributed by atoms with Gasteiger partial charge < -0.3 is 19.5 Å². The summed E-state index contributed by atoms with van der Waals surface area (Å²) < 4.78 is 24.2. The molecule has 33 heavy (non-hydrogen) atoms. The standard InChI is InChI=1S/C24H24Cl2FNO5/c1-13(2)33-10-4-9-28-20(14-5-7-16(27)8-6-14)19(22(30)24(28)31)21(29)15-11-17(25)23(32-3)18(26)12-15/h5-8,11-13,20,29H,4,9-10H2,1-3H3/b21-19+. The quantitative estimate of drug-likeness (QED) is 0.230. The first-order chi connectivity index (χ1) is 15.6. The summed E-state index contributed by atoms with van der Waals surface area (Å²) in [5.41, 5.74) is 0.500. The molecule has 0 spiro atoms. The number of Topliss-reactive ketones (excluding diaryl/α,β-unsaturated/α-hetero) is 1. The lowest BCUT2D eigenvalue weighted by Crippen LogP contribution is -2.31. The van der Waals surface area contributed by atoms with Gasteiger partial charge in [-0.05, 0) is 50.1 Å². The number of ether oxygens (including phenoxy) is 2. The van der Waals surface area contributed by atoms with Gasteiger partial charge in [-0.3, -0.25) is 9.59 Å². The molecule has 176 valence electrons. The molecule has 1 aliphatic heterocycles. The second-order valence-corrected chi connectivity index (χ2v) is 8.60. The van der Waals surface area contributed by atoms with Gasteiger partial charge in [-0.15, -0.1) is 0 Å². The Morgan fingerprint density at radius 1 is 1.15 bits per heavy atom. The Morgan fingerprint density at radius 3 is 2.30 bits per heavy atom. The molecule has 1 N–H and O–H groups in total. The fourth-order valence-electron chi connectivity index (χ4n) is 3.70. The third-order valence-corrected chi connectivity index (χ3v) is 5.76. The number of hydrogen-bond donors (Lipinski definition) is 1. The number of benzene rings is 2. The molecule has 1 saturated heterocycles. The Hall–Kier alpha value is -2.61. The lowest BCUT2D eigenvalue weighted by Gasteiger charge is -2.25. The normalized spacial score (nSPS) is 17.8. The van der Waals surface area contributed by atoms with E-state index in [-0.39, 0.29) is 39.6 Å². The Balaban J connectivity index is 2.08. The molecule has 9 heteroatoms. The third-order valence-electron chi connectivity index (χ3n) is 5.20. The van der Waals surface area contributed by atoms with E-state index in [1.54, 1.807) is 0 Å². The predicted molar refractivity (Wildman–Crippen MR) is 124 cm³/mol. The van der Waals surface area contributed by atoms with E-state index in [9.17, 15) is 19.1 Å². The van der Waals surface area contributed by atoms with Gasteiger partial charge in [0.1, 0.15) is 11.6 Å². The number of nitrogens with zero attached hydrogens (tertiary/aromatic N) is 1. The van der Waals surface area contributed by atoms with Crippen LogP contribution in [0.1, 0.15) is 37.4 Å². The molecular formula is C24H24Cl2FNO5. The maximum atomic E-state index is 13.6. The number of rotatable bonds is 8. The van der Waals surface area contributed by atoms with Crippen molar-refractivity contribution in [1.29, 1.82) is 0 Å². The van der Waals surface area contributed by atoms with Gasteiger partial charge in [0.2, 0.25) is 0 Å². The topological polar surface area (TPSA) is 76.1 Å². The fraction of sp³-hybridized carbons (Fsp3) is 0.333. The van der Waals surface area contributed by atoms with Crippen molar-refractivity contribution in [3.05, 3.63) is 69.0 Å². The van der Waals surface area contributed by atoms with Crippen molar-refractivity contribution in [1.82, 2.24) is 4.90 Å². The summed E-state index contributed by atoms with van der Waals surface area (Å²) in [4.78, 5) is 27.3. The van der Waals surface area contributed by atoms with Gasteiger partial charge in [0, 0.05) is 18.7 Å². The molecule has 0 radical (unpaired) electrons. The van der Waals surface area contributed by atoms with Crippen LogP contribution in [-0.2, 0) is 14.3 Å². The molecule has 0 saturated carbocycles. The molecule has 1 unspecified atom stereocenters. The number of hydrogen-bond acceptors (Lipinski definition) is 5. The lowest BCUT2D eigenvalue weighted by atomic mass is 9.95. The Labute approximate surface area is 201 Å². The zero-order chi connectivity index (χ0) is 24.3. The minimum absolute atomic E-state index is 0.0258. The highest BCUT2D eigenvalue weighted by Crippen LogP contribution is 2.42. The van der Waals surface area contributed by atoms with E-state index in [1.807, 2.05) is 13.8 Å². The number of ketones is 1. The van der Waals surface area contributed by atoms with Crippen LogP contribution in [-0.4, -0.2) is 48.1 Å². The summed E-state index contributed by atoms with van der Waals surface area (Å²) in [6, 6.07) is 7.30. The SMILES string of the molecule is COc1c(Cl)cc(/C(O)=C2\C(=O)C(=O)N(CCCOC(C)C)C2c2ccc(F)cc2)cc1Cl. The van der Waals surface area contributed by atoms with Gasteiger partial charge in [0.05, 0.1) is 34.9 Å². The predicted octanol–water partition coefficient (Wildman–Crippen LogP) is 5.38. The van der Waals surface area contributed by atoms with Crippen molar-refractivity contribution >= 4 is 40.7 Å². The Morgan fingerprint density at radius 2 is 1.76 bits per heavy atom. The van der Waals surface area contributed by atoms with Crippen LogP contribution in [0.4, 0.5) is 4.39 Å². The van der Waals surface area contributed by atoms with E-state index in [0.717, 1.165) is 0 Å². The van der Waals surface area contributed by atoms with E-state index in [4.69, 9.17) is 32.7 Å². The fourth-order valence-corrected chi connectivity index (χ4v) is 4.34. The van der Waals surface area contributed by atoms with Crippen LogP contribution >= 0.6 is 23.2 Å². The van der Waals surface area contributed by atoms with Crippen molar-refractivity contribution in [2.75, 3.05) is 20.3 Å². The Bertz CT molecular complexity index is 1060. The monoisotopic (exact) mass is 495 g/mol. The van der Waals surface area contributed by atoms with Crippen molar-refractivity contribution in [2.45, 2.75) is 32.4 Å². The minimum Gasteiger partial charge on any atom is -0.507 e. The highest BCUT2D eigenvalue weighted by molar-refractivity contribution is 6.46. The highest BCUT2D eigenvalue weighted by atomic mass is 35.5. The van der Waals surface area contributed by atoms with Crippen LogP contribution < -0.4 is 4.74 Å². The smallest absolute Gasteiger partial charge is 0.295 e. The highest BCUT2D eigenvalue weighted by Gasteiger charge is 2.45. The molecule has 3 rings (SSSR count). The van der Waals surface area contributed by atoms with E-state index in [0.29, 0.717) is 18.6 Å². The van der Waals surface area contributed by atoms with Gasteiger partial charge >= 0.3 is 0 Å². The number of aliphatic hydroxyl groups excluding tert-OH is 1. The molecule has 0 aromatic heterocycles. The van der Waals surface area contributed by atoms with E-state index in [2.05, 4.69) is 0 Å². The van der Waals surface area contributed by atoms with Gasteiger partial charge in [-0.1, -0.05) is 35.3 Å². The van der Waals surface area contributed by atoms with Crippen LogP contribution in [0, 0.1) is 5.82 Å². The summed E-state index contributed by atoms with van der Waals surface area (Å²) in [5.74, 6) is -2.30. The number of carbonyl (C=O) groups is 2. The van der Waals surface area contributed by atoms with Gasteiger partial charge in [-0.2, -0.15) is 0 Å². The van der Waals surface area contributed by atoms with Gasteiger partial charge in [-0.25, -0.2) is 4.39 Å². The molecule has 1 amide bonds. The maximum absolute atomic E-state index is 13.6. The molecule has 2 aromatic carbocycles. The molecule has 2 aromatic rings. The number of amides is 1. The van der Waals surface area contributed by atoms with Crippen LogP contribution in [0.3, 0.4) is 0 Å². The molecule has 0 bridgehead atoms.